The molecule has 5 heteroatoms. The van der Waals surface area contributed by atoms with Crippen LogP contribution < -0.4 is 4.72 Å². The van der Waals surface area contributed by atoms with Gasteiger partial charge in [-0.2, -0.15) is 0 Å². The number of piperidine rings is 1. The van der Waals surface area contributed by atoms with E-state index in [9.17, 15) is 8.42 Å². The van der Waals surface area contributed by atoms with E-state index >= 15 is 0 Å². The smallest absolute Gasteiger partial charge is 0.209 e. The van der Waals surface area contributed by atoms with Gasteiger partial charge < -0.3 is 0 Å². The van der Waals surface area contributed by atoms with Crippen molar-refractivity contribution in [3.8, 4) is 11.8 Å². The van der Waals surface area contributed by atoms with Crippen LogP contribution >= 0.6 is 0 Å². The Morgan fingerprint density at radius 2 is 1.87 bits per heavy atom. The Hall–Kier alpha value is -0.570. The van der Waals surface area contributed by atoms with Crippen molar-refractivity contribution in [3.05, 3.63) is 0 Å². The van der Waals surface area contributed by atoms with Gasteiger partial charge in [-0.1, -0.05) is 18.3 Å². The fraction of sp³-hybridized carbons (Fsp3) is 0.800. The molecule has 1 heterocycles. The second-order valence-electron chi connectivity index (χ2n) is 3.78. The van der Waals surface area contributed by atoms with Crippen LogP contribution in [0.4, 0.5) is 0 Å². The van der Waals surface area contributed by atoms with Crippen LogP contribution in [0, 0.1) is 11.8 Å². The first kappa shape index (κ1) is 12.5. The van der Waals surface area contributed by atoms with Crippen LogP contribution in [0.25, 0.3) is 0 Å². The predicted molar refractivity (Wildman–Crippen MR) is 60.9 cm³/mol. The molecule has 0 amide bonds. The van der Waals surface area contributed by atoms with Crippen LogP contribution in [-0.2, 0) is 10.0 Å². The topological polar surface area (TPSA) is 49.4 Å². The number of nitrogens with one attached hydrogen (secondary N) is 1. The van der Waals surface area contributed by atoms with Crippen molar-refractivity contribution >= 4 is 10.0 Å². The molecule has 1 aliphatic heterocycles. The average Bonchev–Trinajstić information content (AvgIpc) is 2.17. The van der Waals surface area contributed by atoms with Crippen molar-refractivity contribution in [1.82, 2.24) is 9.62 Å². The monoisotopic (exact) mass is 230 g/mol. The zero-order chi connectivity index (χ0) is 11.1. The molecule has 1 saturated heterocycles. The van der Waals surface area contributed by atoms with Gasteiger partial charge in [-0.25, -0.2) is 13.1 Å². The first-order valence-electron chi connectivity index (χ1n) is 5.21. The molecular weight excluding hydrogens is 212 g/mol. The van der Waals surface area contributed by atoms with Crippen LogP contribution in [0.1, 0.15) is 19.3 Å². The van der Waals surface area contributed by atoms with Gasteiger partial charge >= 0.3 is 0 Å². The van der Waals surface area contributed by atoms with Crippen molar-refractivity contribution < 1.29 is 8.42 Å². The second-order valence-corrected chi connectivity index (χ2v) is 5.62. The highest BCUT2D eigenvalue weighted by Crippen LogP contribution is 2.06. The zero-order valence-electron chi connectivity index (χ0n) is 9.12. The molecule has 0 spiro atoms. The molecular formula is C10H18N2O2S. The van der Waals surface area contributed by atoms with E-state index in [1.165, 1.54) is 19.3 Å². The predicted octanol–water partition coefficient (Wildman–Crippen LogP) is 0.0249. The van der Waals surface area contributed by atoms with Gasteiger partial charge in [-0.05, 0) is 25.9 Å². The number of hydrogen-bond donors (Lipinski definition) is 1. The molecule has 0 unspecified atom stereocenters. The molecule has 0 atom stereocenters. The number of nitrogens with zero attached hydrogens (tertiary/aromatic N) is 1. The maximum absolute atomic E-state index is 10.7. The lowest BCUT2D eigenvalue weighted by Gasteiger charge is -2.23. The summed E-state index contributed by atoms with van der Waals surface area (Å²) >= 11 is 0. The molecule has 15 heavy (non-hydrogen) atoms. The van der Waals surface area contributed by atoms with Crippen molar-refractivity contribution in [2.75, 3.05) is 32.4 Å². The maximum atomic E-state index is 10.7. The van der Waals surface area contributed by atoms with E-state index in [0.29, 0.717) is 0 Å². The lowest BCUT2D eigenvalue weighted by Crippen LogP contribution is -2.30. The van der Waals surface area contributed by atoms with E-state index < -0.39 is 10.0 Å². The van der Waals surface area contributed by atoms with E-state index in [4.69, 9.17) is 0 Å². The van der Waals surface area contributed by atoms with E-state index in [1.807, 2.05) is 0 Å². The summed E-state index contributed by atoms with van der Waals surface area (Å²) in [4.78, 5) is 2.30. The highest BCUT2D eigenvalue weighted by atomic mass is 32.2. The molecule has 0 aliphatic carbocycles. The Bertz CT molecular complexity index is 334. The van der Waals surface area contributed by atoms with E-state index in [0.717, 1.165) is 25.9 Å². The highest BCUT2D eigenvalue weighted by Gasteiger charge is 2.07. The summed E-state index contributed by atoms with van der Waals surface area (Å²) in [5.74, 6) is 5.78. The van der Waals surface area contributed by atoms with Crippen molar-refractivity contribution in [2.24, 2.45) is 0 Å². The number of hydrogen-bond acceptors (Lipinski definition) is 3. The minimum absolute atomic E-state index is 0.215. The largest absolute Gasteiger partial charge is 0.292 e. The first-order valence-corrected chi connectivity index (χ1v) is 7.10. The number of sulfonamides is 1. The maximum Gasteiger partial charge on any atom is 0.209 e. The summed E-state index contributed by atoms with van der Waals surface area (Å²) in [6.07, 6.45) is 4.96. The van der Waals surface area contributed by atoms with Crippen LogP contribution in [0.3, 0.4) is 0 Å². The summed E-state index contributed by atoms with van der Waals surface area (Å²) in [5.41, 5.74) is 0. The third kappa shape index (κ3) is 6.50. The Morgan fingerprint density at radius 1 is 1.20 bits per heavy atom. The van der Waals surface area contributed by atoms with Crippen molar-refractivity contribution in [3.63, 3.8) is 0 Å². The number of rotatable bonds is 3. The first-order chi connectivity index (χ1) is 7.08. The molecule has 0 aromatic carbocycles. The Balaban J connectivity index is 2.16. The highest BCUT2D eigenvalue weighted by molar-refractivity contribution is 7.88. The Kier molecular flexibility index (Phi) is 5.09. The molecule has 0 radical (unpaired) electrons. The molecule has 0 saturated carbocycles. The van der Waals surface area contributed by atoms with Crippen LogP contribution in [0.2, 0.25) is 0 Å². The van der Waals surface area contributed by atoms with Gasteiger partial charge in [0.1, 0.15) is 0 Å². The zero-order valence-corrected chi connectivity index (χ0v) is 9.94. The Labute approximate surface area is 92.1 Å². The molecule has 1 fully saturated rings. The Morgan fingerprint density at radius 3 is 2.47 bits per heavy atom. The minimum Gasteiger partial charge on any atom is -0.292 e. The van der Waals surface area contributed by atoms with Gasteiger partial charge in [0.2, 0.25) is 10.0 Å². The summed E-state index contributed by atoms with van der Waals surface area (Å²) in [6, 6.07) is 0. The molecule has 1 N–H and O–H groups in total. The van der Waals surface area contributed by atoms with Crippen molar-refractivity contribution in [1.29, 1.82) is 0 Å². The summed E-state index contributed by atoms with van der Waals surface area (Å²) in [5, 5.41) is 0. The minimum atomic E-state index is -3.10. The average molecular weight is 230 g/mol. The summed E-state index contributed by atoms with van der Waals surface area (Å²) < 4.78 is 23.8. The molecule has 0 aromatic heterocycles. The van der Waals surface area contributed by atoms with E-state index in [-0.39, 0.29) is 6.54 Å². The summed E-state index contributed by atoms with van der Waals surface area (Å²) in [7, 11) is -3.10. The van der Waals surface area contributed by atoms with E-state index in [2.05, 4.69) is 21.5 Å². The third-order valence-electron chi connectivity index (χ3n) is 2.30. The van der Waals surface area contributed by atoms with Gasteiger partial charge in [0.05, 0.1) is 19.3 Å². The van der Waals surface area contributed by atoms with E-state index in [1.54, 1.807) is 0 Å². The second kappa shape index (κ2) is 6.11. The summed E-state index contributed by atoms with van der Waals surface area (Å²) in [6.45, 7) is 3.21. The van der Waals surface area contributed by atoms with Gasteiger partial charge in [0, 0.05) is 0 Å². The SMILES string of the molecule is CS(=O)(=O)NCC#CCN1CCCCC1. The molecule has 0 bridgehead atoms. The molecule has 1 rings (SSSR count). The molecule has 1 aliphatic rings. The molecule has 4 nitrogen and oxygen atoms in total. The molecule has 0 aromatic rings. The van der Waals surface area contributed by atoms with Crippen LogP contribution in [0.5, 0.6) is 0 Å². The van der Waals surface area contributed by atoms with Crippen LogP contribution in [0.15, 0.2) is 0 Å². The van der Waals surface area contributed by atoms with Crippen molar-refractivity contribution in [2.45, 2.75) is 19.3 Å². The normalized spacial score (nSPS) is 18.2. The van der Waals surface area contributed by atoms with Gasteiger partial charge in [-0.15, -0.1) is 0 Å². The van der Waals surface area contributed by atoms with Crippen LogP contribution in [-0.4, -0.2) is 45.8 Å². The van der Waals surface area contributed by atoms with Gasteiger partial charge in [0.15, 0.2) is 0 Å². The number of likely N-dealkylation sites (tertiary alicyclic amines) is 1. The fourth-order valence-corrected chi connectivity index (χ4v) is 1.85. The third-order valence-corrected chi connectivity index (χ3v) is 2.97. The van der Waals surface area contributed by atoms with Gasteiger partial charge in [0.25, 0.3) is 0 Å². The fourth-order valence-electron chi connectivity index (χ4n) is 1.51. The molecule has 86 valence electrons. The van der Waals surface area contributed by atoms with Gasteiger partial charge in [-0.3, -0.25) is 4.90 Å². The lowest BCUT2D eigenvalue weighted by atomic mass is 10.1. The quantitative estimate of drug-likeness (QED) is 0.696. The standard InChI is InChI=1S/C10H18N2O2S/c1-15(13,14)11-7-3-6-10-12-8-4-2-5-9-12/h11H,2,4-5,7-10H2,1H3. The lowest BCUT2D eigenvalue weighted by molar-refractivity contribution is 0.255.